The van der Waals surface area contributed by atoms with Crippen LogP contribution in [0.5, 0.6) is 0 Å². The Hall–Kier alpha value is -1.89. The third-order valence-corrected chi connectivity index (χ3v) is 1.31. The average Bonchev–Trinajstić information content (AvgIpc) is 2.52. The lowest BCUT2D eigenvalue weighted by molar-refractivity contribution is -0.389. The quantitative estimate of drug-likeness (QED) is 0.519. The van der Waals surface area contributed by atoms with E-state index in [-0.39, 0.29) is 11.5 Å². The van der Waals surface area contributed by atoms with E-state index in [1.807, 2.05) is 5.48 Å². The number of nitrogens with zero attached hydrogens (tertiary/aromatic N) is 1. The third-order valence-electron chi connectivity index (χ3n) is 1.31. The Labute approximate surface area is 72.8 Å². The molecule has 1 heterocycles. The number of hydrogen-bond donors (Lipinski definition) is 2. The van der Waals surface area contributed by atoms with Gasteiger partial charge in [0.1, 0.15) is 0 Å². The summed E-state index contributed by atoms with van der Waals surface area (Å²) in [5, 5.41) is 10.2. The maximum absolute atomic E-state index is 11.0. The van der Waals surface area contributed by atoms with Crippen LogP contribution in [0.15, 0.2) is 12.1 Å². The first-order valence-electron chi connectivity index (χ1n) is 3.32. The fourth-order valence-electron chi connectivity index (χ4n) is 0.770. The van der Waals surface area contributed by atoms with Gasteiger partial charge in [-0.1, -0.05) is 0 Å². The van der Waals surface area contributed by atoms with Gasteiger partial charge in [-0.25, -0.2) is 10.5 Å². The molecule has 0 aliphatic rings. The minimum Gasteiger partial charge on any atom is -0.358 e. The monoisotopic (exact) mass is 185 g/mol. The smallest absolute Gasteiger partial charge is 0.321 e. The second-order valence-corrected chi connectivity index (χ2v) is 2.15. The Kier molecular flexibility index (Phi) is 2.60. The summed E-state index contributed by atoms with van der Waals surface area (Å²) in [6.07, 6.45) is 0. The van der Waals surface area contributed by atoms with Gasteiger partial charge in [0.05, 0.1) is 7.11 Å². The molecule has 0 atom stereocenters. The van der Waals surface area contributed by atoms with Crippen LogP contribution in [0.2, 0.25) is 0 Å². The predicted molar refractivity (Wildman–Crippen MR) is 41.9 cm³/mol. The molecule has 0 aliphatic heterocycles. The first-order valence-corrected chi connectivity index (χ1v) is 3.32. The largest absolute Gasteiger partial charge is 0.358 e. The number of H-pyrrole nitrogens is 1. The number of aromatic amines is 1. The van der Waals surface area contributed by atoms with Gasteiger partial charge in [0.2, 0.25) is 0 Å². The molecule has 0 unspecified atom stereocenters. The number of hydrogen-bond acceptors (Lipinski definition) is 4. The van der Waals surface area contributed by atoms with E-state index < -0.39 is 10.8 Å². The minimum atomic E-state index is -0.621. The highest BCUT2D eigenvalue weighted by Crippen LogP contribution is 2.09. The van der Waals surface area contributed by atoms with E-state index in [0.29, 0.717) is 0 Å². The summed E-state index contributed by atoms with van der Waals surface area (Å²) in [6.45, 7) is 0. The molecule has 2 N–H and O–H groups in total. The molecule has 1 aromatic heterocycles. The molecular weight excluding hydrogens is 178 g/mol. The molecule has 0 radical (unpaired) electrons. The number of nitrogens with one attached hydrogen (secondary N) is 2. The summed E-state index contributed by atoms with van der Waals surface area (Å²) in [5.41, 5.74) is 2.10. The van der Waals surface area contributed by atoms with Crippen LogP contribution in [0, 0.1) is 10.1 Å². The number of hydroxylamine groups is 1. The Morgan fingerprint density at radius 3 is 2.85 bits per heavy atom. The molecule has 0 saturated carbocycles. The van der Waals surface area contributed by atoms with Crippen molar-refractivity contribution in [2.45, 2.75) is 0 Å². The van der Waals surface area contributed by atoms with Crippen LogP contribution < -0.4 is 5.48 Å². The predicted octanol–water partition coefficient (Wildman–Crippen LogP) is 0.214. The minimum absolute atomic E-state index is 0.0774. The van der Waals surface area contributed by atoms with Crippen molar-refractivity contribution in [3.63, 3.8) is 0 Å². The molecule has 0 aromatic carbocycles. The number of amides is 1. The van der Waals surface area contributed by atoms with E-state index in [1.54, 1.807) is 0 Å². The summed E-state index contributed by atoms with van der Waals surface area (Å²) in [4.78, 5) is 27.2. The van der Waals surface area contributed by atoms with E-state index in [4.69, 9.17) is 0 Å². The van der Waals surface area contributed by atoms with E-state index in [1.165, 1.54) is 19.2 Å². The van der Waals surface area contributed by atoms with Crippen molar-refractivity contribution < 1.29 is 14.6 Å². The van der Waals surface area contributed by atoms with Crippen LogP contribution in [-0.4, -0.2) is 22.9 Å². The molecule has 1 rings (SSSR count). The number of rotatable bonds is 3. The van der Waals surface area contributed by atoms with Crippen LogP contribution in [0.1, 0.15) is 10.5 Å². The Morgan fingerprint density at radius 1 is 1.69 bits per heavy atom. The van der Waals surface area contributed by atoms with Crippen LogP contribution >= 0.6 is 0 Å². The molecule has 7 heteroatoms. The second-order valence-electron chi connectivity index (χ2n) is 2.15. The summed E-state index contributed by atoms with van der Waals surface area (Å²) >= 11 is 0. The zero-order chi connectivity index (χ0) is 9.84. The number of carbonyl (C=O) groups is 1. The van der Waals surface area contributed by atoms with Crippen molar-refractivity contribution in [1.29, 1.82) is 0 Å². The molecular formula is C6H7N3O4. The zero-order valence-electron chi connectivity index (χ0n) is 6.73. The lowest BCUT2D eigenvalue weighted by Gasteiger charge is -1.95. The van der Waals surface area contributed by atoms with Crippen molar-refractivity contribution >= 4 is 11.7 Å². The van der Waals surface area contributed by atoms with Gasteiger partial charge in [0.15, 0.2) is 5.69 Å². The van der Waals surface area contributed by atoms with E-state index in [2.05, 4.69) is 9.82 Å². The van der Waals surface area contributed by atoms with Gasteiger partial charge in [0, 0.05) is 6.07 Å². The fraction of sp³-hybridized carbons (Fsp3) is 0.167. The van der Waals surface area contributed by atoms with Crippen molar-refractivity contribution in [2.75, 3.05) is 7.11 Å². The average molecular weight is 185 g/mol. The first-order chi connectivity index (χ1) is 6.15. The molecule has 0 saturated heterocycles. The van der Waals surface area contributed by atoms with Gasteiger partial charge in [-0.15, -0.1) is 0 Å². The standard InChI is InChI=1S/C6H7N3O4/c1-13-8-6(10)4-2-3-5(7-4)9(11)12/h2-3,7H,1H3,(H,8,10). The highest BCUT2D eigenvalue weighted by molar-refractivity contribution is 5.92. The molecule has 7 nitrogen and oxygen atoms in total. The topological polar surface area (TPSA) is 97.3 Å². The van der Waals surface area contributed by atoms with Crippen LogP contribution in [0.25, 0.3) is 0 Å². The summed E-state index contributed by atoms with van der Waals surface area (Å²) in [7, 11) is 1.27. The Balaban J connectivity index is 2.79. The van der Waals surface area contributed by atoms with Crippen molar-refractivity contribution in [3.8, 4) is 0 Å². The summed E-state index contributed by atoms with van der Waals surface area (Å²) in [6, 6.07) is 2.50. The van der Waals surface area contributed by atoms with Crippen molar-refractivity contribution in [3.05, 3.63) is 27.9 Å². The molecule has 0 aliphatic carbocycles. The van der Waals surface area contributed by atoms with Crippen LogP contribution in [0.3, 0.4) is 0 Å². The molecule has 13 heavy (non-hydrogen) atoms. The lowest BCUT2D eigenvalue weighted by Crippen LogP contribution is -2.22. The molecule has 70 valence electrons. The SMILES string of the molecule is CONC(=O)c1ccc([N+](=O)[O-])[nH]1. The van der Waals surface area contributed by atoms with E-state index in [0.717, 1.165) is 0 Å². The Bertz CT molecular complexity index is 332. The maximum atomic E-state index is 11.0. The number of carbonyl (C=O) groups excluding carboxylic acids is 1. The van der Waals surface area contributed by atoms with Crippen LogP contribution in [-0.2, 0) is 4.84 Å². The van der Waals surface area contributed by atoms with Crippen molar-refractivity contribution in [1.82, 2.24) is 10.5 Å². The van der Waals surface area contributed by atoms with Crippen LogP contribution in [0.4, 0.5) is 5.82 Å². The van der Waals surface area contributed by atoms with Gasteiger partial charge in [-0.2, -0.15) is 0 Å². The normalized spacial score (nSPS) is 9.62. The molecule has 1 aromatic rings. The van der Waals surface area contributed by atoms with E-state index in [9.17, 15) is 14.9 Å². The second kappa shape index (κ2) is 3.68. The Morgan fingerprint density at radius 2 is 2.38 bits per heavy atom. The number of nitro groups is 1. The van der Waals surface area contributed by atoms with Gasteiger partial charge < -0.3 is 10.1 Å². The lowest BCUT2D eigenvalue weighted by atomic mass is 10.4. The highest BCUT2D eigenvalue weighted by atomic mass is 16.6. The van der Waals surface area contributed by atoms with Gasteiger partial charge in [-0.3, -0.25) is 9.63 Å². The molecule has 0 fully saturated rings. The molecule has 0 bridgehead atoms. The number of aromatic nitrogens is 1. The van der Waals surface area contributed by atoms with E-state index >= 15 is 0 Å². The van der Waals surface area contributed by atoms with Gasteiger partial charge in [-0.05, 0) is 11.0 Å². The van der Waals surface area contributed by atoms with Crippen molar-refractivity contribution in [2.24, 2.45) is 0 Å². The zero-order valence-corrected chi connectivity index (χ0v) is 6.73. The summed E-state index contributed by atoms with van der Waals surface area (Å²) in [5.74, 6) is -0.795. The van der Waals surface area contributed by atoms with Gasteiger partial charge in [0.25, 0.3) is 0 Å². The summed E-state index contributed by atoms with van der Waals surface area (Å²) < 4.78 is 0. The molecule has 1 amide bonds. The molecule has 0 spiro atoms. The maximum Gasteiger partial charge on any atom is 0.321 e. The fourth-order valence-corrected chi connectivity index (χ4v) is 0.770. The highest BCUT2D eigenvalue weighted by Gasteiger charge is 2.14. The third kappa shape index (κ3) is 2.03. The first kappa shape index (κ1) is 9.20. The van der Waals surface area contributed by atoms with Gasteiger partial charge >= 0.3 is 11.7 Å².